The Hall–Kier alpha value is -2.48. The van der Waals surface area contributed by atoms with Crippen molar-refractivity contribution in [3.05, 3.63) is 41.7 Å². The average Bonchev–Trinajstić information content (AvgIpc) is 2.77. The van der Waals surface area contributed by atoms with E-state index in [1.165, 1.54) is 10.9 Å². The van der Waals surface area contributed by atoms with Crippen molar-refractivity contribution < 1.29 is 4.79 Å². The number of carbonyl (C=O) groups is 1. The predicted octanol–water partition coefficient (Wildman–Crippen LogP) is 0.951. The Bertz CT molecular complexity index is 521. The Morgan fingerprint density at radius 2 is 2.07 bits per heavy atom. The predicted molar refractivity (Wildman–Crippen MR) is 51.5 cm³/mol. The summed E-state index contributed by atoms with van der Waals surface area (Å²) in [4.78, 5) is 10.6. The minimum atomic E-state index is 0.375. The second kappa shape index (κ2) is 3.72. The van der Waals surface area contributed by atoms with Crippen molar-refractivity contribution >= 4 is 6.29 Å². The van der Waals surface area contributed by atoms with Crippen LogP contribution in [0.15, 0.2) is 30.5 Å². The number of nitriles is 1. The molecular weight excluding hydrogens is 192 g/mol. The number of rotatable bonds is 2. The van der Waals surface area contributed by atoms with E-state index in [1.54, 1.807) is 24.3 Å². The fourth-order valence-electron chi connectivity index (χ4n) is 1.20. The number of benzene rings is 1. The third kappa shape index (κ3) is 1.60. The molecule has 0 aliphatic carbocycles. The molecule has 0 atom stereocenters. The maximum absolute atomic E-state index is 10.6. The zero-order chi connectivity index (χ0) is 10.7. The van der Waals surface area contributed by atoms with E-state index in [2.05, 4.69) is 10.3 Å². The van der Waals surface area contributed by atoms with Gasteiger partial charge in [0.1, 0.15) is 5.69 Å². The topological polar surface area (TPSA) is 71.6 Å². The third-order valence-corrected chi connectivity index (χ3v) is 1.94. The Balaban J connectivity index is 2.46. The molecule has 1 aromatic heterocycles. The van der Waals surface area contributed by atoms with Crippen LogP contribution in [-0.2, 0) is 0 Å². The van der Waals surface area contributed by atoms with E-state index in [4.69, 9.17) is 5.26 Å². The summed E-state index contributed by atoms with van der Waals surface area (Å²) in [6.45, 7) is 0. The molecule has 15 heavy (non-hydrogen) atoms. The lowest BCUT2D eigenvalue weighted by atomic mass is 10.2. The van der Waals surface area contributed by atoms with Gasteiger partial charge in [0.25, 0.3) is 0 Å². The largest absolute Gasteiger partial charge is 0.296 e. The van der Waals surface area contributed by atoms with E-state index in [0.29, 0.717) is 23.2 Å². The molecule has 0 fully saturated rings. The number of aromatic nitrogens is 3. The summed E-state index contributed by atoms with van der Waals surface area (Å²) in [5.41, 5.74) is 1.64. The van der Waals surface area contributed by atoms with Crippen molar-refractivity contribution in [1.82, 2.24) is 15.0 Å². The molecule has 0 spiro atoms. The summed E-state index contributed by atoms with van der Waals surface area (Å²) < 4.78 is 1.41. The lowest BCUT2D eigenvalue weighted by molar-refractivity contribution is 0.111. The van der Waals surface area contributed by atoms with Gasteiger partial charge in [0.2, 0.25) is 0 Å². The second-order valence-corrected chi connectivity index (χ2v) is 2.85. The maximum Gasteiger partial charge on any atom is 0.170 e. The monoisotopic (exact) mass is 198 g/mol. The van der Waals surface area contributed by atoms with Gasteiger partial charge in [-0.3, -0.25) is 4.79 Å². The van der Waals surface area contributed by atoms with Crippen LogP contribution >= 0.6 is 0 Å². The molecular formula is C10H6N4O. The molecule has 0 unspecified atom stereocenters. The molecule has 1 aromatic carbocycles. The molecule has 1 heterocycles. The standard InChI is InChI=1S/C10H6N4O/c11-5-8-1-3-9(4-2-8)14-10(7-15)6-12-13-14/h1-4,6-7H. The normalized spacial score (nSPS) is 9.53. The van der Waals surface area contributed by atoms with E-state index in [9.17, 15) is 4.79 Å². The molecule has 0 bridgehead atoms. The SMILES string of the molecule is N#Cc1ccc(-n2nncc2C=O)cc1. The van der Waals surface area contributed by atoms with Crippen LogP contribution in [0.2, 0.25) is 0 Å². The highest BCUT2D eigenvalue weighted by molar-refractivity contribution is 5.72. The first kappa shape index (κ1) is 9.09. The van der Waals surface area contributed by atoms with Crippen LogP contribution < -0.4 is 0 Å². The minimum absolute atomic E-state index is 0.375. The zero-order valence-electron chi connectivity index (χ0n) is 7.66. The van der Waals surface area contributed by atoms with Gasteiger partial charge in [0.15, 0.2) is 6.29 Å². The molecule has 72 valence electrons. The van der Waals surface area contributed by atoms with Crippen molar-refractivity contribution in [2.45, 2.75) is 0 Å². The molecule has 0 saturated carbocycles. The molecule has 0 amide bonds. The molecule has 2 rings (SSSR count). The first-order chi connectivity index (χ1) is 7.35. The number of carbonyl (C=O) groups excluding carboxylic acids is 1. The van der Waals surface area contributed by atoms with Gasteiger partial charge in [-0.2, -0.15) is 5.26 Å². The number of nitrogens with zero attached hydrogens (tertiary/aromatic N) is 4. The van der Waals surface area contributed by atoms with E-state index in [0.717, 1.165) is 0 Å². The van der Waals surface area contributed by atoms with Gasteiger partial charge in [0, 0.05) is 0 Å². The Labute approximate surface area is 85.6 Å². The molecule has 0 aliphatic heterocycles. The smallest absolute Gasteiger partial charge is 0.170 e. The molecule has 0 aliphatic rings. The first-order valence-electron chi connectivity index (χ1n) is 4.21. The minimum Gasteiger partial charge on any atom is -0.296 e. The maximum atomic E-state index is 10.6. The van der Waals surface area contributed by atoms with Crippen molar-refractivity contribution in [3.8, 4) is 11.8 Å². The summed E-state index contributed by atoms with van der Waals surface area (Å²) >= 11 is 0. The van der Waals surface area contributed by atoms with Crippen LogP contribution in [0.4, 0.5) is 0 Å². The van der Waals surface area contributed by atoms with Gasteiger partial charge in [0.05, 0.1) is 23.5 Å². The van der Waals surface area contributed by atoms with Crippen molar-refractivity contribution in [2.24, 2.45) is 0 Å². The summed E-state index contributed by atoms with van der Waals surface area (Å²) in [5.74, 6) is 0. The first-order valence-corrected chi connectivity index (χ1v) is 4.21. The lowest BCUT2D eigenvalue weighted by Gasteiger charge is -2.00. The second-order valence-electron chi connectivity index (χ2n) is 2.85. The highest BCUT2D eigenvalue weighted by Crippen LogP contribution is 2.09. The van der Waals surface area contributed by atoms with Crippen molar-refractivity contribution in [2.75, 3.05) is 0 Å². The van der Waals surface area contributed by atoms with E-state index in [1.807, 2.05) is 6.07 Å². The highest BCUT2D eigenvalue weighted by atomic mass is 16.1. The van der Waals surface area contributed by atoms with Crippen molar-refractivity contribution in [3.63, 3.8) is 0 Å². The molecule has 5 heteroatoms. The Morgan fingerprint density at radius 1 is 1.33 bits per heavy atom. The summed E-state index contributed by atoms with van der Waals surface area (Å²) in [6, 6.07) is 8.75. The Morgan fingerprint density at radius 3 is 2.67 bits per heavy atom. The van der Waals surface area contributed by atoms with Crippen LogP contribution in [-0.4, -0.2) is 21.3 Å². The van der Waals surface area contributed by atoms with Gasteiger partial charge in [-0.15, -0.1) is 5.10 Å². The Kier molecular flexibility index (Phi) is 2.25. The molecule has 0 saturated heterocycles. The fraction of sp³-hybridized carbons (Fsp3) is 0. The van der Waals surface area contributed by atoms with Crippen LogP contribution in [0.5, 0.6) is 0 Å². The quantitative estimate of drug-likeness (QED) is 0.673. The fourth-order valence-corrected chi connectivity index (χ4v) is 1.20. The average molecular weight is 198 g/mol. The van der Waals surface area contributed by atoms with Crippen LogP contribution in [0.1, 0.15) is 16.1 Å². The third-order valence-electron chi connectivity index (χ3n) is 1.94. The van der Waals surface area contributed by atoms with E-state index in [-0.39, 0.29) is 0 Å². The van der Waals surface area contributed by atoms with Gasteiger partial charge >= 0.3 is 0 Å². The molecule has 0 radical (unpaired) electrons. The molecule has 5 nitrogen and oxygen atoms in total. The molecule has 0 N–H and O–H groups in total. The van der Waals surface area contributed by atoms with Crippen LogP contribution in [0.3, 0.4) is 0 Å². The van der Waals surface area contributed by atoms with Gasteiger partial charge < -0.3 is 0 Å². The van der Waals surface area contributed by atoms with Crippen molar-refractivity contribution in [1.29, 1.82) is 5.26 Å². The van der Waals surface area contributed by atoms with Gasteiger partial charge in [-0.1, -0.05) is 5.21 Å². The summed E-state index contributed by atoms with van der Waals surface area (Å²) in [6.07, 6.45) is 2.06. The number of hydrogen-bond acceptors (Lipinski definition) is 4. The van der Waals surface area contributed by atoms with E-state index >= 15 is 0 Å². The number of aldehydes is 1. The van der Waals surface area contributed by atoms with Crippen LogP contribution in [0.25, 0.3) is 5.69 Å². The lowest BCUT2D eigenvalue weighted by Crippen LogP contribution is -2.01. The van der Waals surface area contributed by atoms with Gasteiger partial charge in [-0.05, 0) is 24.3 Å². The molecule has 2 aromatic rings. The summed E-state index contributed by atoms with van der Waals surface area (Å²) in [7, 11) is 0. The summed E-state index contributed by atoms with van der Waals surface area (Å²) in [5, 5.41) is 16.0. The van der Waals surface area contributed by atoms with Crippen LogP contribution in [0, 0.1) is 11.3 Å². The van der Waals surface area contributed by atoms with E-state index < -0.39 is 0 Å². The number of hydrogen-bond donors (Lipinski definition) is 0. The zero-order valence-corrected chi connectivity index (χ0v) is 7.66. The highest BCUT2D eigenvalue weighted by Gasteiger charge is 2.04. The van der Waals surface area contributed by atoms with Gasteiger partial charge in [-0.25, -0.2) is 4.68 Å².